The number of amides is 1. The van der Waals surface area contributed by atoms with E-state index in [-0.39, 0.29) is 12.5 Å². The highest BCUT2D eigenvalue weighted by molar-refractivity contribution is 5.80. The van der Waals surface area contributed by atoms with Gasteiger partial charge >= 0.3 is 0 Å². The first-order valence-corrected chi connectivity index (χ1v) is 4.66. The van der Waals surface area contributed by atoms with Crippen LogP contribution in [-0.2, 0) is 4.79 Å². The molecule has 0 bridgehead atoms. The summed E-state index contributed by atoms with van der Waals surface area (Å²) in [4.78, 5) is 15.3. The van der Waals surface area contributed by atoms with E-state index < -0.39 is 0 Å². The smallest absolute Gasteiger partial charge is 0.239 e. The Labute approximate surface area is 83.7 Å². The van der Waals surface area contributed by atoms with Crippen molar-refractivity contribution in [1.82, 2.24) is 10.3 Å². The van der Waals surface area contributed by atoms with Gasteiger partial charge in [0.05, 0.1) is 6.54 Å². The van der Waals surface area contributed by atoms with Crippen molar-refractivity contribution in [2.75, 3.05) is 18.4 Å². The van der Waals surface area contributed by atoms with Crippen molar-refractivity contribution in [3.05, 3.63) is 23.9 Å². The summed E-state index contributed by atoms with van der Waals surface area (Å²) in [5, 5.41) is 5.65. The molecule has 0 aliphatic heterocycles. The maximum atomic E-state index is 11.1. The number of hydrogen-bond donors (Lipinski definition) is 2. The van der Waals surface area contributed by atoms with Crippen molar-refractivity contribution in [1.29, 1.82) is 0 Å². The number of carbonyl (C=O) groups is 1. The van der Waals surface area contributed by atoms with E-state index in [0.29, 0.717) is 6.54 Å². The fraction of sp³-hybridized carbons (Fsp3) is 0.400. The lowest BCUT2D eigenvalue weighted by atomic mass is 10.4. The van der Waals surface area contributed by atoms with Crippen molar-refractivity contribution >= 4 is 11.7 Å². The number of likely N-dealkylation sites (N-methyl/N-ethyl adjacent to an activating group) is 1. The van der Waals surface area contributed by atoms with Gasteiger partial charge in [-0.05, 0) is 26.0 Å². The van der Waals surface area contributed by atoms with Crippen molar-refractivity contribution in [3.8, 4) is 0 Å². The van der Waals surface area contributed by atoms with Gasteiger partial charge in [-0.2, -0.15) is 0 Å². The Balaban J connectivity index is 2.41. The number of hydrogen-bond acceptors (Lipinski definition) is 3. The van der Waals surface area contributed by atoms with E-state index >= 15 is 0 Å². The van der Waals surface area contributed by atoms with Gasteiger partial charge in [0.15, 0.2) is 0 Å². The minimum Gasteiger partial charge on any atom is -0.361 e. The second kappa shape index (κ2) is 5.21. The molecule has 1 rings (SSSR count). The van der Waals surface area contributed by atoms with Crippen LogP contribution in [0.1, 0.15) is 12.6 Å². The minimum atomic E-state index is -0.0178. The summed E-state index contributed by atoms with van der Waals surface area (Å²) in [7, 11) is 0. The third kappa shape index (κ3) is 3.43. The molecule has 0 aliphatic carbocycles. The Kier molecular flexibility index (Phi) is 3.91. The Bertz CT molecular complexity index is 312. The lowest BCUT2D eigenvalue weighted by molar-refractivity contribution is -0.119. The first kappa shape index (κ1) is 10.5. The van der Waals surface area contributed by atoms with Crippen molar-refractivity contribution in [2.45, 2.75) is 13.8 Å². The number of anilines is 1. The fourth-order valence-electron chi connectivity index (χ4n) is 1.07. The van der Waals surface area contributed by atoms with Crippen LogP contribution in [0.15, 0.2) is 18.2 Å². The number of aromatic nitrogens is 1. The number of rotatable bonds is 4. The van der Waals surface area contributed by atoms with E-state index in [9.17, 15) is 4.79 Å². The van der Waals surface area contributed by atoms with Crippen LogP contribution >= 0.6 is 0 Å². The van der Waals surface area contributed by atoms with Crippen LogP contribution in [0.2, 0.25) is 0 Å². The van der Waals surface area contributed by atoms with Crippen LogP contribution in [0.25, 0.3) is 0 Å². The third-order valence-corrected chi connectivity index (χ3v) is 1.69. The summed E-state index contributed by atoms with van der Waals surface area (Å²) in [5.41, 5.74) is 0.936. The molecule has 0 fully saturated rings. The molecule has 1 aromatic heterocycles. The molecule has 0 atom stereocenters. The average Bonchev–Trinajstić information content (AvgIpc) is 2.15. The second-order valence-corrected chi connectivity index (χ2v) is 2.97. The highest BCUT2D eigenvalue weighted by atomic mass is 16.1. The molecule has 4 heteroatoms. The third-order valence-electron chi connectivity index (χ3n) is 1.69. The molecule has 0 saturated carbocycles. The van der Waals surface area contributed by atoms with Gasteiger partial charge < -0.3 is 10.6 Å². The predicted molar refractivity (Wildman–Crippen MR) is 56.1 cm³/mol. The second-order valence-electron chi connectivity index (χ2n) is 2.97. The van der Waals surface area contributed by atoms with Gasteiger partial charge in [0.25, 0.3) is 0 Å². The molecule has 0 spiro atoms. The summed E-state index contributed by atoms with van der Waals surface area (Å²) in [6.07, 6.45) is 0. The van der Waals surface area contributed by atoms with Crippen LogP contribution < -0.4 is 10.6 Å². The van der Waals surface area contributed by atoms with Gasteiger partial charge in [0.1, 0.15) is 5.82 Å². The SMILES string of the molecule is CCNC(=O)CNc1cccc(C)n1. The topological polar surface area (TPSA) is 54.0 Å². The van der Waals surface area contributed by atoms with Gasteiger partial charge in [0.2, 0.25) is 5.91 Å². The Morgan fingerprint density at radius 2 is 2.29 bits per heavy atom. The molecule has 2 N–H and O–H groups in total. The lowest BCUT2D eigenvalue weighted by Gasteiger charge is -2.05. The summed E-state index contributed by atoms with van der Waals surface area (Å²) < 4.78 is 0. The Morgan fingerprint density at radius 1 is 1.50 bits per heavy atom. The number of carbonyl (C=O) groups excluding carboxylic acids is 1. The van der Waals surface area contributed by atoms with Crippen LogP contribution in [0.3, 0.4) is 0 Å². The molecule has 0 radical (unpaired) electrons. The molecular weight excluding hydrogens is 178 g/mol. The zero-order chi connectivity index (χ0) is 10.4. The minimum absolute atomic E-state index is 0.0178. The molecule has 0 aromatic carbocycles. The Hall–Kier alpha value is -1.58. The van der Waals surface area contributed by atoms with Crippen molar-refractivity contribution < 1.29 is 4.79 Å². The van der Waals surface area contributed by atoms with Gasteiger partial charge in [0, 0.05) is 12.2 Å². The fourth-order valence-corrected chi connectivity index (χ4v) is 1.07. The summed E-state index contributed by atoms with van der Waals surface area (Å²) in [5.74, 6) is 0.715. The zero-order valence-corrected chi connectivity index (χ0v) is 8.50. The molecule has 1 heterocycles. The van der Waals surface area contributed by atoms with Crippen molar-refractivity contribution in [3.63, 3.8) is 0 Å². The van der Waals surface area contributed by atoms with E-state index in [2.05, 4.69) is 15.6 Å². The van der Waals surface area contributed by atoms with Gasteiger partial charge in [-0.25, -0.2) is 4.98 Å². The van der Waals surface area contributed by atoms with Crippen LogP contribution in [0.5, 0.6) is 0 Å². The predicted octanol–water partition coefficient (Wildman–Crippen LogP) is 0.938. The van der Waals surface area contributed by atoms with Gasteiger partial charge in [-0.1, -0.05) is 6.07 Å². The summed E-state index contributed by atoms with van der Waals surface area (Å²) in [6, 6.07) is 5.66. The monoisotopic (exact) mass is 193 g/mol. The number of aryl methyl sites for hydroxylation is 1. The maximum absolute atomic E-state index is 11.1. The highest BCUT2D eigenvalue weighted by Crippen LogP contribution is 2.02. The number of nitrogens with zero attached hydrogens (tertiary/aromatic N) is 1. The van der Waals surface area contributed by atoms with Gasteiger partial charge in [-0.15, -0.1) is 0 Å². The zero-order valence-electron chi connectivity index (χ0n) is 8.50. The maximum Gasteiger partial charge on any atom is 0.239 e. The van der Waals surface area contributed by atoms with Crippen LogP contribution in [-0.4, -0.2) is 24.0 Å². The molecule has 4 nitrogen and oxygen atoms in total. The number of pyridine rings is 1. The normalized spacial score (nSPS) is 9.57. The first-order chi connectivity index (χ1) is 6.72. The molecule has 0 aliphatic rings. The quantitative estimate of drug-likeness (QED) is 0.748. The largest absolute Gasteiger partial charge is 0.361 e. The van der Waals surface area contributed by atoms with E-state index in [4.69, 9.17) is 0 Å². The molecule has 76 valence electrons. The molecular formula is C10H15N3O. The van der Waals surface area contributed by atoms with Crippen molar-refractivity contribution in [2.24, 2.45) is 0 Å². The average molecular weight is 193 g/mol. The molecule has 1 aromatic rings. The molecule has 0 unspecified atom stereocenters. The van der Waals surface area contributed by atoms with Gasteiger partial charge in [-0.3, -0.25) is 4.79 Å². The summed E-state index contributed by atoms with van der Waals surface area (Å²) >= 11 is 0. The highest BCUT2D eigenvalue weighted by Gasteiger charge is 1.99. The first-order valence-electron chi connectivity index (χ1n) is 4.66. The van der Waals surface area contributed by atoms with E-state index in [0.717, 1.165) is 11.5 Å². The molecule has 14 heavy (non-hydrogen) atoms. The molecule has 0 saturated heterocycles. The Morgan fingerprint density at radius 3 is 2.93 bits per heavy atom. The van der Waals surface area contributed by atoms with E-state index in [1.807, 2.05) is 32.0 Å². The van der Waals surface area contributed by atoms with Crippen LogP contribution in [0, 0.1) is 6.92 Å². The van der Waals surface area contributed by atoms with E-state index in [1.165, 1.54) is 0 Å². The van der Waals surface area contributed by atoms with Crippen LogP contribution in [0.4, 0.5) is 5.82 Å². The summed E-state index contributed by atoms with van der Waals surface area (Å²) in [6.45, 7) is 4.73. The molecule has 1 amide bonds. The lowest BCUT2D eigenvalue weighted by Crippen LogP contribution is -2.29. The standard InChI is InChI=1S/C10H15N3O/c1-3-11-10(14)7-12-9-6-4-5-8(2)13-9/h4-6H,3,7H2,1-2H3,(H,11,14)(H,12,13). The number of nitrogens with one attached hydrogen (secondary N) is 2. The van der Waals surface area contributed by atoms with E-state index in [1.54, 1.807) is 0 Å².